The van der Waals surface area contributed by atoms with E-state index in [-0.39, 0.29) is 11.4 Å². The Kier molecular flexibility index (Phi) is 5.25. The van der Waals surface area contributed by atoms with E-state index in [1.165, 1.54) is 11.3 Å². The number of H-pyrrole nitrogens is 1. The Hall–Kier alpha value is -3.86. The largest absolute Gasteiger partial charge is 0.343 e. The number of carbonyl (C=O) groups is 1. The number of carbonyl (C=O) groups excluding carboxylic acids is 1. The highest BCUT2D eigenvalue weighted by Crippen LogP contribution is 2.31. The predicted molar refractivity (Wildman–Crippen MR) is 126 cm³/mol. The van der Waals surface area contributed by atoms with Crippen LogP contribution >= 0.6 is 11.3 Å². The van der Waals surface area contributed by atoms with Crippen molar-refractivity contribution >= 4 is 43.9 Å². The van der Waals surface area contributed by atoms with Crippen LogP contribution in [0.15, 0.2) is 41.3 Å². The standard InChI is InChI=1S/C22H22N8O2S/c1-22(2,3)19-28-17(30-32-19)6-7-23-20(31)29-21-27-14-5-4-12(9-16(14)33-21)13-8-15-18(24-10-13)26-11-25-15/h4-5,8-11H,6-7H2,1-3H3,(H,24,25,26)(H2,23,27,29,31). The van der Waals surface area contributed by atoms with Crippen molar-refractivity contribution in [2.75, 3.05) is 11.9 Å². The number of thiazole rings is 1. The number of fused-ring (bicyclic) bond motifs is 2. The molecule has 0 saturated heterocycles. The Morgan fingerprint density at radius 2 is 2.03 bits per heavy atom. The first-order chi connectivity index (χ1) is 15.8. The van der Waals surface area contributed by atoms with Crippen LogP contribution in [0.2, 0.25) is 0 Å². The van der Waals surface area contributed by atoms with Gasteiger partial charge in [-0.3, -0.25) is 5.32 Å². The Balaban J connectivity index is 1.22. The summed E-state index contributed by atoms with van der Waals surface area (Å²) in [5, 5.41) is 10.1. The first-order valence-corrected chi connectivity index (χ1v) is 11.2. The molecule has 0 aliphatic carbocycles. The van der Waals surface area contributed by atoms with Gasteiger partial charge in [0.25, 0.3) is 0 Å². The number of pyridine rings is 1. The topological polar surface area (TPSA) is 135 Å². The van der Waals surface area contributed by atoms with Crippen molar-refractivity contribution in [3.8, 4) is 11.1 Å². The quantitative estimate of drug-likeness (QED) is 0.355. The number of aromatic nitrogens is 6. The molecule has 3 N–H and O–H groups in total. The summed E-state index contributed by atoms with van der Waals surface area (Å²) in [4.78, 5) is 32.8. The lowest BCUT2D eigenvalue weighted by atomic mass is 9.97. The minimum absolute atomic E-state index is 0.203. The van der Waals surface area contributed by atoms with Gasteiger partial charge < -0.3 is 14.8 Å². The third kappa shape index (κ3) is 4.53. The molecule has 0 unspecified atom stereocenters. The van der Waals surface area contributed by atoms with Crippen LogP contribution in [-0.2, 0) is 11.8 Å². The first-order valence-electron chi connectivity index (χ1n) is 10.4. The molecule has 33 heavy (non-hydrogen) atoms. The second kappa shape index (κ2) is 8.24. The molecule has 0 spiro atoms. The summed E-state index contributed by atoms with van der Waals surface area (Å²) in [5.74, 6) is 1.15. The summed E-state index contributed by atoms with van der Waals surface area (Å²) in [6.45, 7) is 6.40. The average molecular weight is 463 g/mol. The number of hydrogen-bond donors (Lipinski definition) is 3. The summed E-state index contributed by atoms with van der Waals surface area (Å²) in [6.07, 6.45) is 3.90. The Morgan fingerprint density at radius 1 is 1.15 bits per heavy atom. The van der Waals surface area contributed by atoms with Crippen LogP contribution < -0.4 is 10.6 Å². The smallest absolute Gasteiger partial charge is 0.321 e. The highest BCUT2D eigenvalue weighted by molar-refractivity contribution is 7.22. The number of benzene rings is 1. The van der Waals surface area contributed by atoms with Crippen LogP contribution in [0.5, 0.6) is 0 Å². The van der Waals surface area contributed by atoms with Crippen LogP contribution in [0.25, 0.3) is 32.5 Å². The van der Waals surface area contributed by atoms with Crippen molar-refractivity contribution in [1.82, 2.24) is 35.4 Å². The van der Waals surface area contributed by atoms with E-state index < -0.39 is 0 Å². The molecule has 0 bridgehead atoms. The van der Waals surface area contributed by atoms with Crippen molar-refractivity contribution in [3.63, 3.8) is 0 Å². The number of rotatable bonds is 5. The summed E-state index contributed by atoms with van der Waals surface area (Å²) in [7, 11) is 0. The monoisotopic (exact) mass is 462 g/mol. The van der Waals surface area contributed by atoms with Gasteiger partial charge in [0.1, 0.15) is 0 Å². The Bertz CT molecular complexity index is 1450. The SMILES string of the molecule is CC(C)(C)c1nc(CCNC(=O)Nc2nc3ccc(-c4cnc5nc[nH]c5c4)cc3s2)no1. The van der Waals surface area contributed by atoms with Gasteiger partial charge in [-0.1, -0.05) is 43.3 Å². The van der Waals surface area contributed by atoms with Crippen molar-refractivity contribution in [2.24, 2.45) is 0 Å². The van der Waals surface area contributed by atoms with E-state index in [1.54, 1.807) is 12.5 Å². The Morgan fingerprint density at radius 3 is 2.85 bits per heavy atom. The van der Waals surface area contributed by atoms with Gasteiger partial charge in [-0.2, -0.15) is 4.98 Å². The molecular formula is C22H22N8O2S. The van der Waals surface area contributed by atoms with Gasteiger partial charge >= 0.3 is 6.03 Å². The van der Waals surface area contributed by atoms with E-state index in [4.69, 9.17) is 4.52 Å². The maximum absolute atomic E-state index is 12.3. The van der Waals surface area contributed by atoms with Gasteiger partial charge in [-0.25, -0.2) is 19.7 Å². The molecule has 4 aromatic heterocycles. The third-order valence-electron chi connectivity index (χ3n) is 4.96. The molecule has 168 valence electrons. The number of hydrogen-bond acceptors (Lipinski definition) is 8. The van der Waals surface area contributed by atoms with Crippen LogP contribution in [0.1, 0.15) is 32.5 Å². The van der Waals surface area contributed by atoms with E-state index in [9.17, 15) is 4.79 Å². The van der Waals surface area contributed by atoms with E-state index in [0.717, 1.165) is 26.9 Å². The zero-order valence-corrected chi connectivity index (χ0v) is 19.2. The minimum atomic E-state index is -0.331. The average Bonchev–Trinajstić information content (AvgIpc) is 3.51. The highest BCUT2D eigenvalue weighted by atomic mass is 32.1. The molecule has 2 amide bonds. The van der Waals surface area contributed by atoms with E-state index in [0.29, 0.717) is 35.5 Å². The number of anilines is 1. The maximum atomic E-state index is 12.3. The normalized spacial score (nSPS) is 11.8. The fourth-order valence-electron chi connectivity index (χ4n) is 3.23. The van der Waals surface area contributed by atoms with Crippen molar-refractivity contribution in [1.29, 1.82) is 0 Å². The molecule has 0 atom stereocenters. The van der Waals surface area contributed by atoms with Crippen molar-refractivity contribution in [2.45, 2.75) is 32.6 Å². The molecule has 0 aliphatic heterocycles. The number of amides is 2. The van der Waals surface area contributed by atoms with E-state index in [1.807, 2.05) is 45.0 Å². The lowest BCUT2D eigenvalue weighted by Crippen LogP contribution is -2.30. The minimum Gasteiger partial charge on any atom is -0.343 e. The third-order valence-corrected chi connectivity index (χ3v) is 5.89. The number of aromatic amines is 1. The van der Waals surface area contributed by atoms with Gasteiger partial charge in [0.15, 0.2) is 16.6 Å². The van der Waals surface area contributed by atoms with E-state index in [2.05, 4.69) is 40.7 Å². The molecular weight excluding hydrogens is 440 g/mol. The summed E-state index contributed by atoms with van der Waals surface area (Å²) in [5.41, 5.74) is 4.17. The van der Waals surface area contributed by atoms with Crippen molar-refractivity contribution in [3.05, 3.63) is 48.5 Å². The highest BCUT2D eigenvalue weighted by Gasteiger charge is 2.21. The summed E-state index contributed by atoms with van der Waals surface area (Å²) < 4.78 is 6.23. The number of imidazole rings is 1. The van der Waals surface area contributed by atoms with E-state index >= 15 is 0 Å². The molecule has 4 heterocycles. The van der Waals surface area contributed by atoms with Crippen LogP contribution in [0.3, 0.4) is 0 Å². The number of nitrogens with zero attached hydrogens (tertiary/aromatic N) is 5. The molecule has 5 rings (SSSR count). The van der Waals surface area contributed by atoms with Crippen LogP contribution in [0, 0.1) is 0 Å². The molecule has 11 heteroatoms. The summed E-state index contributed by atoms with van der Waals surface area (Å²) >= 11 is 1.41. The van der Waals surface area contributed by atoms with Gasteiger partial charge in [0.2, 0.25) is 5.89 Å². The second-order valence-electron chi connectivity index (χ2n) is 8.60. The molecule has 0 radical (unpaired) electrons. The molecule has 1 aromatic carbocycles. The Labute approximate surface area is 192 Å². The first kappa shape index (κ1) is 21.0. The van der Waals surface area contributed by atoms with Gasteiger partial charge in [-0.15, -0.1) is 0 Å². The molecule has 0 saturated carbocycles. The zero-order chi connectivity index (χ0) is 23.0. The van der Waals surface area contributed by atoms with Gasteiger partial charge in [0.05, 0.1) is 22.1 Å². The number of urea groups is 1. The summed E-state index contributed by atoms with van der Waals surface area (Å²) in [6, 6.07) is 7.64. The van der Waals surface area contributed by atoms with Crippen LogP contribution in [-0.4, -0.2) is 42.7 Å². The van der Waals surface area contributed by atoms with Crippen molar-refractivity contribution < 1.29 is 9.32 Å². The fraction of sp³-hybridized carbons (Fsp3) is 0.273. The van der Waals surface area contributed by atoms with Gasteiger partial charge in [0, 0.05) is 30.1 Å². The molecule has 10 nitrogen and oxygen atoms in total. The molecule has 5 aromatic rings. The van der Waals surface area contributed by atoms with Gasteiger partial charge in [-0.05, 0) is 23.8 Å². The fourth-order valence-corrected chi connectivity index (χ4v) is 4.13. The maximum Gasteiger partial charge on any atom is 0.321 e. The predicted octanol–water partition coefficient (Wildman–Crippen LogP) is 4.28. The number of nitrogens with one attached hydrogen (secondary N) is 3. The zero-order valence-electron chi connectivity index (χ0n) is 18.3. The molecule has 0 aliphatic rings. The second-order valence-corrected chi connectivity index (χ2v) is 9.63. The molecule has 0 fully saturated rings. The lowest BCUT2D eigenvalue weighted by molar-refractivity contribution is 0.252. The lowest BCUT2D eigenvalue weighted by Gasteiger charge is -2.10. The van der Waals surface area contributed by atoms with Crippen LogP contribution in [0.4, 0.5) is 9.93 Å².